The van der Waals surface area contributed by atoms with E-state index in [9.17, 15) is 9.59 Å². The van der Waals surface area contributed by atoms with Gasteiger partial charge >= 0.3 is 0 Å². The van der Waals surface area contributed by atoms with Crippen molar-refractivity contribution in [1.29, 1.82) is 0 Å². The van der Waals surface area contributed by atoms with Gasteiger partial charge in [0.1, 0.15) is 24.3 Å². The van der Waals surface area contributed by atoms with Crippen LogP contribution < -0.4 is 0 Å². The van der Waals surface area contributed by atoms with Gasteiger partial charge < -0.3 is 14.4 Å². The van der Waals surface area contributed by atoms with Gasteiger partial charge in [-0.1, -0.05) is 62.1 Å². The molecule has 0 aliphatic carbocycles. The zero-order valence-corrected chi connectivity index (χ0v) is 41.5. The molecule has 2 unspecified atom stereocenters. The minimum Gasteiger partial charge on any atom is -0.360 e. The second-order valence-electron chi connectivity index (χ2n) is 19.4. The molecule has 7 heterocycles. The van der Waals surface area contributed by atoms with E-state index in [1.165, 1.54) is 5.56 Å². The lowest BCUT2D eigenvalue weighted by molar-refractivity contribution is -0.0394. The van der Waals surface area contributed by atoms with E-state index in [0.29, 0.717) is 24.7 Å². The number of aromatic amines is 3. The fourth-order valence-corrected chi connectivity index (χ4v) is 9.40. The zero-order valence-electron chi connectivity index (χ0n) is 40.5. The first-order valence-electron chi connectivity index (χ1n) is 23.9. The Hall–Kier alpha value is -7.12. The first-order chi connectivity index (χ1) is 34.0. The lowest BCUT2D eigenvalue weighted by Crippen LogP contribution is -2.22. The molecule has 9 aromatic rings. The van der Waals surface area contributed by atoms with Crippen molar-refractivity contribution in [1.82, 2.24) is 64.8 Å². The maximum Gasteiger partial charge on any atom is 0.188 e. The molecule has 3 aromatic carbocycles. The summed E-state index contributed by atoms with van der Waals surface area (Å²) in [5.74, 6) is -0.0799. The molecule has 0 radical (unpaired) electrons. The molecule has 0 amide bonds. The standard InChI is InChI=1S/C26H27N7O.C26H34N6O3Si/c1-32(2)11-10-24(19-6-4-3-5-7-19)33-17-18(14-29-33)12-25(34)26-22-9-8-20(13-23(22)30-31-26)21-15-27-28-16-21;1-36(2,3)11-10-34-18-32-23-13-20(21-16-29-31(17-21)25-6-4-5-9-35-25)7-8-22(23)26(30-32)24(33)12-19-14-27-28-15-19/h3-9,13-17,24H,10-12H2,1-2H3,(H,27,28)(H,30,31);7-8,13-17,25H,4-6,9-12,18H2,1-3H3,(H,27,28). The van der Waals surface area contributed by atoms with Crippen LogP contribution in [0.1, 0.15) is 75.6 Å². The number of Topliss-reactive ketones (excluding diaryl/α,β-unsaturated/α-hetero) is 2. The number of fused-ring (bicyclic) bond motifs is 2. The Morgan fingerprint density at radius 3 is 2.33 bits per heavy atom. The maximum absolute atomic E-state index is 13.2. The zero-order chi connectivity index (χ0) is 48.6. The highest BCUT2D eigenvalue weighted by atomic mass is 28.3. The number of aromatic nitrogens is 12. The van der Waals surface area contributed by atoms with Crippen LogP contribution in [0.2, 0.25) is 25.7 Å². The molecule has 3 N–H and O–H groups in total. The summed E-state index contributed by atoms with van der Waals surface area (Å²) in [4.78, 5) is 28.5. The number of nitrogens with one attached hydrogen (secondary N) is 3. The molecule has 1 saturated heterocycles. The molecule has 362 valence electrons. The molecular formula is C52H61N13O4Si. The van der Waals surface area contributed by atoms with Crippen molar-refractivity contribution in [2.45, 2.75) is 83.2 Å². The average molecular weight is 960 g/mol. The second kappa shape index (κ2) is 21.7. The van der Waals surface area contributed by atoms with E-state index in [1.807, 2.05) is 82.7 Å². The lowest BCUT2D eigenvalue weighted by atomic mass is 10.0. The highest BCUT2D eigenvalue weighted by Crippen LogP contribution is 2.31. The van der Waals surface area contributed by atoms with E-state index >= 15 is 0 Å². The van der Waals surface area contributed by atoms with Crippen LogP contribution in [0.3, 0.4) is 0 Å². The fraction of sp³-hybridized carbons (Fsp3) is 0.346. The number of carbonyl (C=O) groups excluding carboxylic acids is 2. The van der Waals surface area contributed by atoms with Crippen molar-refractivity contribution in [3.63, 3.8) is 0 Å². The Labute approximate surface area is 407 Å². The van der Waals surface area contributed by atoms with Gasteiger partial charge in [0.15, 0.2) is 11.6 Å². The summed E-state index contributed by atoms with van der Waals surface area (Å²) in [6.45, 7) is 9.69. The number of H-pyrrole nitrogens is 3. The van der Waals surface area contributed by atoms with Crippen molar-refractivity contribution in [2.24, 2.45) is 0 Å². The molecule has 18 heteroatoms. The van der Waals surface area contributed by atoms with Crippen LogP contribution in [0.25, 0.3) is 44.1 Å². The molecule has 6 aromatic heterocycles. The van der Waals surface area contributed by atoms with Gasteiger partial charge in [-0.25, -0.2) is 9.36 Å². The van der Waals surface area contributed by atoms with Crippen LogP contribution in [-0.4, -0.2) is 118 Å². The predicted molar refractivity (Wildman–Crippen MR) is 272 cm³/mol. The maximum atomic E-state index is 13.2. The van der Waals surface area contributed by atoms with Gasteiger partial charge in [0.2, 0.25) is 0 Å². The van der Waals surface area contributed by atoms with Gasteiger partial charge in [-0.2, -0.15) is 30.6 Å². The molecule has 70 heavy (non-hydrogen) atoms. The van der Waals surface area contributed by atoms with E-state index in [1.54, 1.807) is 29.5 Å². The molecule has 2 atom stereocenters. The summed E-state index contributed by atoms with van der Waals surface area (Å²) in [6, 6.07) is 23.5. The highest BCUT2D eigenvalue weighted by Gasteiger charge is 2.23. The third-order valence-corrected chi connectivity index (χ3v) is 14.3. The monoisotopic (exact) mass is 959 g/mol. The number of ether oxygens (including phenoxy) is 2. The summed E-state index contributed by atoms with van der Waals surface area (Å²) in [7, 11) is 2.94. The lowest BCUT2D eigenvalue weighted by Gasteiger charge is -2.22. The molecule has 1 aliphatic heterocycles. The molecule has 0 spiro atoms. The van der Waals surface area contributed by atoms with E-state index < -0.39 is 8.07 Å². The number of hydrogen-bond acceptors (Lipinski definition) is 11. The van der Waals surface area contributed by atoms with Gasteiger partial charge in [-0.15, -0.1) is 0 Å². The van der Waals surface area contributed by atoms with E-state index in [0.717, 1.165) is 100 Å². The van der Waals surface area contributed by atoms with E-state index in [4.69, 9.17) is 14.6 Å². The molecule has 1 fully saturated rings. The van der Waals surface area contributed by atoms with Crippen LogP contribution in [0.15, 0.2) is 116 Å². The van der Waals surface area contributed by atoms with Crippen molar-refractivity contribution in [2.75, 3.05) is 33.9 Å². The van der Waals surface area contributed by atoms with Crippen molar-refractivity contribution in [3.05, 3.63) is 144 Å². The average Bonchev–Trinajstić information content (AvgIpc) is 4.23. The van der Waals surface area contributed by atoms with E-state index in [-0.39, 0.29) is 36.7 Å². The Bertz CT molecular complexity index is 3120. The fourth-order valence-electron chi connectivity index (χ4n) is 8.64. The van der Waals surface area contributed by atoms with Crippen LogP contribution in [0.5, 0.6) is 0 Å². The van der Waals surface area contributed by atoms with Crippen molar-refractivity contribution >= 4 is 41.4 Å². The Balaban J connectivity index is 0.000000174. The smallest absolute Gasteiger partial charge is 0.188 e. The van der Waals surface area contributed by atoms with Crippen LogP contribution >= 0.6 is 0 Å². The van der Waals surface area contributed by atoms with Gasteiger partial charge in [0.25, 0.3) is 0 Å². The topological polar surface area (TPSA) is 195 Å². The van der Waals surface area contributed by atoms with Crippen LogP contribution in [0, 0.1) is 0 Å². The first-order valence-corrected chi connectivity index (χ1v) is 27.6. The number of hydrogen-bond donors (Lipinski definition) is 3. The number of nitrogens with zero attached hydrogens (tertiary/aromatic N) is 10. The second-order valence-corrected chi connectivity index (χ2v) is 25.1. The molecule has 17 nitrogen and oxygen atoms in total. The summed E-state index contributed by atoms with van der Waals surface area (Å²) >= 11 is 0. The third-order valence-electron chi connectivity index (χ3n) is 12.6. The summed E-state index contributed by atoms with van der Waals surface area (Å²) in [5, 5.41) is 36.4. The number of carbonyl (C=O) groups is 2. The largest absolute Gasteiger partial charge is 0.360 e. The molecule has 10 rings (SSSR count). The Morgan fingerprint density at radius 1 is 0.814 bits per heavy atom. The molecule has 0 saturated carbocycles. The number of rotatable bonds is 19. The quantitative estimate of drug-likeness (QED) is 0.0397. The number of ketones is 2. The van der Waals surface area contributed by atoms with Gasteiger partial charge in [0.05, 0.1) is 41.9 Å². The van der Waals surface area contributed by atoms with Crippen LogP contribution in [0.4, 0.5) is 0 Å². The normalized spacial score (nSPS) is 14.6. The molecule has 1 aliphatic rings. The van der Waals surface area contributed by atoms with Gasteiger partial charge in [-0.05, 0) is 104 Å². The minimum atomic E-state index is -1.20. The predicted octanol–water partition coefficient (Wildman–Crippen LogP) is 9.18. The molecular weight excluding hydrogens is 899 g/mol. The van der Waals surface area contributed by atoms with Gasteiger partial charge in [0, 0.05) is 80.8 Å². The SMILES string of the molecule is CN(C)CCC(c1ccccc1)n1cc(CC(=O)c2n[nH]c3cc(-c4cn[nH]c4)ccc23)cn1.C[Si](C)(C)CCOCn1nc(C(=O)Cc2cn[nH]c2)c2ccc(-c3cnn(C4CCCCO4)c3)cc21. The minimum absolute atomic E-state index is 0.00586. The summed E-state index contributed by atoms with van der Waals surface area (Å²) < 4.78 is 17.6. The summed E-state index contributed by atoms with van der Waals surface area (Å²) in [5.41, 5.74) is 9.54. The van der Waals surface area contributed by atoms with Crippen LogP contribution in [-0.2, 0) is 29.0 Å². The Kier molecular flexibility index (Phi) is 14.8. The molecule has 0 bridgehead atoms. The van der Waals surface area contributed by atoms with Crippen molar-refractivity contribution < 1.29 is 19.1 Å². The number of benzene rings is 3. The Morgan fingerprint density at radius 2 is 1.59 bits per heavy atom. The third kappa shape index (κ3) is 11.6. The first kappa shape index (κ1) is 47.9. The summed E-state index contributed by atoms with van der Waals surface area (Å²) in [6.07, 6.45) is 19.3. The van der Waals surface area contributed by atoms with E-state index in [2.05, 4.69) is 97.6 Å². The van der Waals surface area contributed by atoms with Crippen molar-refractivity contribution in [3.8, 4) is 22.3 Å². The van der Waals surface area contributed by atoms with Gasteiger partial charge in [-0.3, -0.25) is 29.6 Å². The highest BCUT2D eigenvalue weighted by molar-refractivity contribution is 6.76.